The molecule has 25 heavy (non-hydrogen) atoms. The number of carbonyl (C=O) groups excluding carboxylic acids is 1. The summed E-state index contributed by atoms with van der Waals surface area (Å²) in [6.45, 7) is 0. The minimum absolute atomic E-state index is 0.198. The molecule has 0 aliphatic carbocycles. The molecule has 0 spiro atoms. The van der Waals surface area contributed by atoms with Crippen molar-refractivity contribution in [1.82, 2.24) is 10.4 Å². The summed E-state index contributed by atoms with van der Waals surface area (Å²) >= 11 is 11.9. The first-order chi connectivity index (χ1) is 12.0. The van der Waals surface area contributed by atoms with Crippen LogP contribution in [0.3, 0.4) is 0 Å². The first-order valence-electron chi connectivity index (χ1n) is 7.11. The molecular weight excluding hydrogens is 376 g/mol. The van der Waals surface area contributed by atoms with Crippen LogP contribution < -0.4 is 5.43 Å². The third-order valence-corrected chi connectivity index (χ3v) is 5.19. The molecule has 0 unspecified atom stereocenters. The molecule has 0 radical (unpaired) electrons. The fourth-order valence-corrected chi connectivity index (χ4v) is 3.73. The van der Waals surface area contributed by atoms with Gasteiger partial charge in [-0.25, -0.2) is 5.01 Å². The van der Waals surface area contributed by atoms with E-state index in [1.807, 2.05) is 6.07 Å². The van der Waals surface area contributed by atoms with E-state index in [1.165, 1.54) is 28.9 Å². The van der Waals surface area contributed by atoms with Gasteiger partial charge in [0.05, 0.1) is 4.91 Å². The molecule has 1 fully saturated rings. The van der Waals surface area contributed by atoms with Gasteiger partial charge < -0.3 is 10.2 Å². The number of hydrogen-bond acceptors (Lipinski definition) is 6. The van der Waals surface area contributed by atoms with E-state index in [0.717, 1.165) is 0 Å². The second-order valence-electron chi connectivity index (χ2n) is 5.07. The van der Waals surface area contributed by atoms with E-state index < -0.39 is 0 Å². The summed E-state index contributed by atoms with van der Waals surface area (Å²) in [6, 6.07) is 13.2. The predicted octanol–water partition coefficient (Wildman–Crippen LogP) is 3.44. The van der Waals surface area contributed by atoms with E-state index >= 15 is 0 Å². The highest BCUT2D eigenvalue weighted by Crippen LogP contribution is 2.34. The van der Waals surface area contributed by atoms with Gasteiger partial charge in [-0.05, 0) is 35.9 Å². The van der Waals surface area contributed by atoms with Crippen molar-refractivity contribution in [2.45, 2.75) is 0 Å². The normalized spacial score (nSPS) is 15.7. The van der Waals surface area contributed by atoms with Crippen molar-refractivity contribution >= 4 is 57.5 Å². The number of amides is 1. The molecule has 8 heteroatoms. The molecule has 2 aromatic carbocycles. The predicted molar refractivity (Wildman–Crippen MR) is 106 cm³/mol. The Balaban J connectivity index is 1.79. The van der Waals surface area contributed by atoms with E-state index in [1.54, 1.807) is 36.4 Å². The summed E-state index contributed by atoms with van der Waals surface area (Å²) in [5, 5.41) is 20.3. The Morgan fingerprint density at radius 3 is 2.48 bits per heavy atom. The van der Waals surface area contributed by atoms with Gasteiger partial charge in [0.25, 0.3) is 5.91 Å². The molecular formula is C17H12N2O3S3. The summed E-state index contributed by atoms with van der Waals surface area (Å²) in [4.78, 5) is 13.3. The van der Waals surface area contributed by atoms with Gasteiger partial charge in [-0.2, -0.15) is 0 Å². The molecule has 126 valence electrons. The molecule has 1 heterocycles. The monoisotopic (exact) mass is 388 g/mol. The van der Waals surface area contributed by atoms with Crippen molar-refractivity contribution in [1.29, 1.82) is 0 Å². The Bertz CT molecular complexity index is 897. The average Bonchev–Trinajstić information content (AvgIpc) is 2.86. The number of carbonyl (C=O) groups is 1. The van der Waals surface area contributed by atoms with Crippen LogP contribution in [0.2, 0.25) is 0 Å². The van der Waals surface area contributed by atoms with Crippen molar-refractivity contribution in [2.24, 2.45) is 0 Å². The van der Waals surface area contributed by atoms with Crippen LogP contribution in [0.25, 0.3) is 6.08 Å². The highest BCUT2D eigenvalue weighted by Gasteiger charge is 2.30. The Labute approximate surface area is 158 Å². The van der Waals surface area contributed by atoms with Gasteiger partial charge in [0.1, 0.15) is 4.99 Å². The number of thiocarbonyl (C=S) groups is 2. The van der Waals surface area contributed by atoms with Crippen LogP contribution in [0, 0.1) is 0 Å². The van der Waals surface area contributed by atoms with Crippen LogP contribution in [0.1, 0.15) is 15.9 Å². The van der Waals surface area contributed by atoms with E-state index in [2.05, 4.69) is 5.43 Å². The van der Waals surface area contributed by atoms with Crippen LogP contribution in [-0.4, -0.2) is 30.4 Å². The fourth-order valence-electron chi connectivity index (χ4n) is 2.10. The third-order valence-electron chi connectivity index (χ3n) is 3.34. The number of nitrogens with one attached hydrogen (secondary N) is 1. The van der Waals surface area contributed by atoms with Crippen molar-refractivity contribution in [2.75, 3.05) is 0 Å². The first kappa shape index (κ1) is 17.4. The van der Waals surface area contributed by atoms with Crippen molar-refractivity contribution in [3.05, 3.63) is 64.6 Å². The first-order valence-corrected chi connectivity index (χ1v) is 8.75. The summed E-state index contributed by atoms with van der Waals surface area (Å²) in [5.41, 5.74) is 3.84. The van der Waals surface area contributed by atoms with Gasteiger partial charge in [-0.15, -0.1) is 0 Å². The van der Waals surface area contributed by atoms with Crippen LogP contribution in [-0.2, 0) is 0 Å². The standard InChI is InChI=1S/C17H12N2O3S3/c20-12-7-6-10(8-13(12)21)9-14-16(23)19(17(24)25-14)18-15(22)11-4-2-1-3-5-11/h1-9,20-21H,(H,18,22)/b14-9-. The van der Waals surface area contributed by atoms with Crippen LogP contribution in [0.5, 0.6) is 11.5 Å². The lowest BCUT2D eigenvalue weighted by Crippen LogP contribution is -2.44. The highest BCUT2D eigenvalue weighted by molar-refractivity contribution is 8.27. The minimum atomic E-state index is -0.311. The zero-order valence-electron chi connectivity index (χ0n) is 12.7. The maximum absolute atomic E-state index is 12.3. The van der Waals surface area contributed by atoms with Gasteiger partial charge in [-0.3, -0.25) is 10.2 Å². The molecule has 1 aliphatic heterocycles. The van der Waals surface area contributed by atoms with E-state index in [4.69, 9.17) is 24.4 Å². The van der Waals surface area contributed by atoms with Crippen molar-refractivity contribution < 1.29 is 15.0 Å². The smallest absolute Gasteiger partial charge is 0.270 e. The number of rotatable bonds is 3. The highest BCUT2D eigenvalue weighted by atomic mass is 32.2. The number of nitrogens with zero attached hydrogens (tertiary/aromatic N) is 1. The van der Waals surface area contributed by atoms with Crippen molar-refractivity contribution in [3.63, 3.8) is 0 Å². The van der Waals surface area contributed by atoms with Gasteiger partial charge in [-0.1, -0.05) is 60.5 Å². The molecule has 3 N–H and O–H groups in total. The SMILES string of the molecule is O=C(NN1C(=S)S/C(=C\c2ccc(O)c(O)c2)C1=S)c1ccccc1. The summed E-state index contributed by atoms with van der Waals surface area (Å²) < 4.78 is 0.406. The van der Waals surface area contributed by atoms with E-state index in [-0.39, 0.29) is 17.4 Å². The van der Waals surface area contributed by atoms with Crippen LogP contribution in [0.4, 0.5) is 0 Å². The topological polar surface area (TPSA) is 72.8 Å². The van der Waals surface area contributed by atoms with E-state index in [9.17, 15) is 15.0 Å². The quantitative estimate of drug-likeness (QED) is 0.423. The molecule has 1 aliphatic rings. The van der Waals surface area contributed by atoms with Gasteiger partial charge in [0.15, 0.2) is 15.8 Å². The summed E-state index contributed by atoms with van der Waals surface area (Å²) in [7, 11) is 0. The van der Waals surface area contributed by atoms with Crippen LogP contribution >= 0.6 is 36.2 Å². The van der Waals surface area contributed by atoms with Crippen molar-refractivity contribution in [3.8, 4) is 11.5 Å². The Morgan fingerprint density at radius 1 is 1.08 bits per heavy atom. The molecule has 2 aromatic rings. The number of aromatic hydroxyl groups is 2. The second-order valence-corrected chi connectivity index (χ2v) is 7.13. The molecule has 5 nitrogen and oxygen atoms in total. The summed E-state index contributed by atoms with van der Waals surface area (Å²) in [6.07, 6.45) is 1.73. The lowest BCUT2D eigenvalue weighted by atomic mass is 10.2. The zero-order valence-corrected chi connectivity index (χ0v) is 15.1. The Kier molecular flexibility index (Phi) is 5.03. The molecule has 0 saturated carbocycles. The second kappa shape index (κ2) is 7.22. The average molecular weight is 388 g/mol. The molecule has 0 aromatic heterocycles. The van der Waals surface area contributed by atoms with Gasteiger partial charge >= 0.3 is 0 Å². The number of hydrogen-bond donors (Lipinski definition) is 3. The Hall–Kier alpha value is -2.42. The maximum atomic E-state index is 12.3. The maximum Gasteiger partial charge on any atom is 0.270 e. The molecule has 0 bridgehead atoms. The van der Waals surface area contributed by atoms with Crippen LogP contribution in [0.15, 0.2) is 53.4 Å². The van der Waals surface area contributed by atoms with Gasteiger partial charge in [0.2, 0.25) is 0 Å². The summed E-state index contributed by atoms with van der Waals surface area (Å²) in [5.74, 6) is -0.731. The molecule has 1 amide bonds. The lowest BCUT2D eigenvalue weighted by Gasteiger charge is -2.17. The van der Waals surface area contributed by atoms with Gasteiger partial charge in [0, 0.05) is 5.56 Å². The molecule has 3 rings (SSSR count). The minimum Gasteiger partial charge on any atom is -0.504 e. The number of thioether (sulfide) groups is 1. The largest absolute Gasteiger partial charge is 0.504 e. The fraction of sp³-hybridized carbons (Fsp3) is 0. The number of phenols is 2. The lowest BCUT2D eigenvalue weighted by molar-refractivity contribution is 0.0910. The Morgan fingerprint density at radius 2 is 1.80 bits per heavy atom. The number of phenolic OH excluding ortho intramolecular Hbond substituents is 2. The molecule has 0 atom stereocenters. The third kappa shape index (κ3) is 3.81. The molecule has 1 saturated heterocycles. The zero-order chi connectivity index (χ0) is 18.0. The number of hydrazine groups is 1. The number of benzene rings is 2. The van der Waals surface area contributed by atoms with E-state index in [0.29, 0.717) is 25.3 Å².